The van der Waals surface area contributed by atoms with Crippen LogP contribution in [0.5, 0.6) is 5.75 Å². The monoisotopic (exact) mass is 310 g/mol. The van der Waals surface area contributed by atoms with Crippen LogP contribution in [-0.2, 0) is 6.42 Å². The Kier molecular flexibility index (Phi) is 3.59. The van der Waals surface area contributed by atoms with E-state index in [1.165, 1.54) is 18.5 Å². The zero-order valence-electron chi connectivity index (χ0n) is 10.7. The minimum atomic E-state index is 0.292. The fourth-order valence-electron chi connectivity index (χ4n) is 2.80. The van der Waals surface area contributed by atoms with Gasteiger partial charge in [-0.25, -0.2) is 0 Å². The Hall–Kier alpha value is -0.580. The first-order chi connectivity index (χ1) is 8.70. The maximum atomic E-state index is 5.95. The third-order valence-electron chi connectivity index (χ3n) is 3.79. The lowest BCUT2D eigenvalue weighted by molar-refractivity contribution is 0.221. The number of likely N-dealkylation sites (tertiary alicyclic amines) is 1. The van der Waals surface area contributed by atoms with E-state index in [0.29, 0.717) is 12.1 Å². The number of hydrogen-bond acceptors (Lipinski definition) is 3. The number of halogens is 1. The Morgan fingerprint density at radius 3 is 3.17 bits per heavy atom. The molecule has 0 bridgehead atoms. The van der Waals surface area contributed by atoms with Gasteiger partial charge in [0.15, 0.2) is 0 Å². The van der Waals surface area contributed by atoms with Crippen LogP contribution >= 0.6 is 15.9 Å². The van der Waals surface area contributed by atoms with Crippen molar-refractivity contribution in [3.63, 3.8) is 0 Å². The van der Waals surface area contributed by atoms with Crippen molar-refractivity contribution >= 4 is 15.9 Å². The molecule has 1 N–H and O–H groups in total. The smallest absolute Gasteiger partial charge is 0.123 e. The van der Waals surface area contributed by atoms with E-state index in [-0.39, 0.29) is 0 Å². The summed E-state index contributed by atoms with van der Waals surface area (Å²) in [6.07, 6.45) is 2.56. The minimum absolute atomic E-state index is 0.292. The summed E-state index contributed by atoms with van der Waals surface area (Å²) in [4.78, 5) is 2.37. The summed E-state index contributed by atoms with van der Waals surface area (Å²) in [5.74, 6) is 1.05. The molecule has 0 radical (unpaired) electrons. The quantitative estimate of drug-likeness (QED) is 0.925. The lowest BCUT2D eigenvalue weighted by Gasteiger charge is -2.16. The zero-order valence-corrected chi connectivity index (χ0v) is 12.2. The number of rotatable bonds is 3. The SMILES string of the molecule is CN1CCC(NCC2Cc3cc(Br)ccc3O2)C1. The highest BCUT2D eigenvalue weighted by molar-refractivity contribution is 9.10. The summed E-state index contributed by atoms with van der Waals surface area (Å²) in [6, 6.07) is 6.90. The minimum Gasteiger partial charge on any atom is -0.488 e. The topological polar surface area (TPSA) is 24.5 Å². The van der Waals surface area contributed by atoms with Gasteiger partial charge in [0.2, 0.25) is 0 Å². The van der Waals surface area contributed by atoms with Crippen molar-refractivity contribution in [2.24, 2.45) is 0 Å². The van der Waals surface area contributed by atoms with Crippen LogP contribution in [-0.4, -0.2) is 43.7 Å². The highest BCUT2D eigenvalue weighted by Crippen LogP contribution is 2.31. The van der Waals surface area contributed by atoms with Crippen molar-refractivity contribution in [2.45, 2.75) is 25.0 Å². The van der Waals surface area contributed by atoms with Gasteiger partial charge < -0.3 is 15.0 Å². The van der Waals surface area contributed by atoms with E-state index in [4.69, 9.17) is 4.74 Å². The average molecular weight is 311 g/mol. The van der Waals surface area contributed by atoms with Crippen molar-refractivity contribution in [1.82, 2.24) is 10.2 Å². The van der Waals surface area contributed by atoms with Crippen LogP contribution in [0.25, 0.3) is 0 Å². The van der Waals surface area contributed by atoms with E-state index >= 15 is 0 Å². The number of nitrogens with one attached hydrogen (secondary N) is 1. The first kappa shape index (κ1) is 12.5. The second kappa shape index (κ2) is 5.19. The summed E-state index contributed by atoms with van der Waals surface area (Å²) in [5.41, 5.74) is 1.32. The largest absolute Gasteiger partial charge is 0.488 e. The van der Waals surface area contributed by atoms with Crippen LogP contribution in [0.1, 0.15) is 12.0 Å². The molecule has 1 saturated heterocycles. The number of hydrogen-bond donors (Lipinski definition) is 1. The summed E-state index contributed by atoms with van der Waals surface area (Å²) in [6.45, 7) is 3.31. The highest BCUT2D eigenvalue weighted by atomic mass is 79.9. The molecule has 0 aromatic heterocycles. The molecule has 3 rings (SSSR count). The van der Waals surface area contributed by atoms with Gasteiger partial charge in [-0.2, -0.15) is 0 Å². The summed E-state index contributed by atoms with van der Waals surface area (Å²) < 4.78 is 7.09. The number of likely N-dealkylation sites (N-methyl/N-ethyl adjacent to an activating group) is 1. The van der Waals surface area contributed by atoms with Crippen LogP contribution in [0.15, 0.2) is 22.7 Å². The Labute approximate surface area is 117 Å². The Bertz CT molecular complexity index is 438. The van der Waals surface area contributed by atoms with Gasteiger partial charge in [0.05, 0.1) is 0 Å². The van der Waals surface area contributed by atoms with Crippen molar-refractivity contribution in [1.29, 1.82) is 0 Å². The van der Waals surface area contributed by atoms with E-state index in [9.17, 15) is 0 Å². The molecule has 1 aromatic rings. The zero-order chi connectivity index (χ0) is 12.5. The van der Waals surface area contributed by atoms with Gasteiger partial charge in [-0.05, 0) is 43.8 Å². The molecule has 0 saturated carbocycles. The molecule has 2 heterocycles. The molecular formula is C14H19BrN2O. The predicted octanol–water partition coefficient (Wildman–Crippen LogP) is 2.05. The molecular weight excluding hydrogens is 292 g/mol. The Morgan fingerprint density at radius 2 is 2.39 bits per heavy atom. The van der Waals surface area contributed by atoms with E-state index < -0.39 is 0 Å². The van der Waals surface area contributed by atoms with Crippen molar-refractivity contribution in [3.05, 3.63) is 28.2 Å². The summed E-state index contributed by atoms with van der Waals surface area (Å²) in [5, 5.41) is 3.63. The van der Waals surface area contributed by atoms with Crippen LogP contribution < -0.4 is 10.1 Å². The van der Waals surface area contributed by atoms with E-state index in [2.05, 4.69) is 45.3 Å². The van der Waals surface area contributed by atoms with Gasteiger partial charge in [-0.1, -0.05) is 15.9 Å². The fourth-order valence-corrected chi connectivity index (χ4v) is 3.21. The molecule has 18 heavy (non-hydrogen) atoms. The molecule has 4 heteroatoms. The molecule has 0 amide bonds. The van der Waals surface area contributed by atoms with Gasteiger partial charge in [0.25, 0.3) is 0 Å². The second-order valence-electron chi connectivity index (χ2n) is 5.35. The van der Waals surface area contributed by atoms with E-state index in [0.717, 1.165) is 29.7 Å². The van der Waals surface area contributed by atoms with Crippen LogP contribution in [0, 0.1) is 0 Å². The summed E-state index contributed by atoms with van der Waals surface area (Å²) >= 11 is 3.51. The molecule has 1 fully saturated rings. The summed E-state index contributed by atoms with van der Waals surface area (Å²) in [7, 11) is 2.18. The number of benzene rings is 1. The molecule has 2 aliphatic heterocycles. The van der Waals surface area contributed by atoms with E-state index in [1.807, 2.05) is 6.07 Å². The van der Waals surface area contributed by atoms with Gasteiger partial charge >= 0.3 is 0 Å². The predicted molar refractivity (Wildman–Crippen MR) is 76.2 cm³/mol. The third kappa shape index (κ3) is 2.71. The lowest BCUT2D eigenvalue weighted by Crippen LogP contribution is -2.38. The first-order valence-corrected chi connectivity index (χ1v) is 7.37. The molecule has 2 atom stereocenters. The second-order valence-corrected chi connectivity index (χ2v) is 6.27. The number of fused-ring (bicyclic) bond motifs is 1. The third-order valence-corrected chi connectivity index (χ3v) is 4.28. The Balaban J connectivity index is 1.52. The molecule has 3 nitrogen and oxygen atoms in total. The molecule has 2 aliphatic rings. The van der Waals surface area contributed by atoms with Crippen LogP contribution in [0.3, 0.4) is 0 Å². The van der Waals surface area contributed by atoms with Gasteiger partial charge in [-0.15, -0.1) is 0 Å². The molecule has 1 aromatic carbocycles. The Morgan fingerprint density at radius 1 is 1.50 bits per heavy atom. The molecule has 98 valence electrons. The van der Waals surface area contributed by atoms with Gasteiger partial charge in [0, 0.05) is 30.0 Å². The van der Waals surface area contributed by atoms with Crippen molar-refractivity contribution in [3.8, 4) is 5.75 Å². The standard InChI is InChI=1S/C14H19BrN2O/c1-17-5-4-12(9-17)16-8-13-7-10-6-11(15)2-3-14(10)18-13/h2-3,6,12-13,16H,4-5,7-9H2,1H3. The maximum Gasteiger partial charge on any atom is 0.123 e. The maximum absolute atomic E-state index is 5.95. The van der Waals surface area contributed by atoms with E-state index in [1.54, 1.807) is 0 Å². The number of ether oxygens (including phenoxy) is 1. The van der Waals surface area contributed by atoms with Crippen molar-refractivity contribution < 1.29 is 4.74 Å². The van der Waals surface area contributed by atoms with Crippen LogP contribution in [0.4, 0.5) is 0 Å². The molecule has 0 spiro atoms. The molecule has 0 aliphatic carbocycles. The van der Waals surface area contributed by atoms with Gasteiger partial charge in [-0.3, -0.25) is 0 Å². The van der Waals surface area contributed by atoms with Crippen molar-refractivity contribution in [2.75, 3.05) is 26.7 Å². The first-order valence-electron chi connectivity index (χ1n) is 6.58. The normalized spacial score (nSPS) is 27.2. The lowest BCUT2D eigenvalue weighted by atomic mass is 10.1. The average Bonchev–Trinajstić information content (AvgIpc) is 2.92. The fraction of sp³-hybridized carbons (Fsp3) is 0.571. The van der Waals surface area contributed by atoms with Gasteiger partial charge in [0.1, 0.15) is 11.9 Å². The molecule has 2 unspecified atom stereocenters. The van der Waals surface area contributed by atoms with Crippen LogP contribution in [0.2, 0.25) is 0 Å². The highest BCUT2D eigenvalue weighted by Gasteiger charge is 2.25. The number of nitrogens with zero attached hydrogens (tertiary/aromatic N) is 1.